The molecule has 1 aromatic carbocycles. The van der Waals surface area contributed by atoms with E-state index in [2.05, 4.69) is 4.98 Å². The molecular weight excluding hydrogens is 279 g/mol. The second-order valence-corrected chi connectivity index (χ2v) is 2.69. The number of aromatic nitrogens is 1. The quantitative estimate of drug-likeness (QED) is 0.815. The first-order valence-electron chi connectivity index (χ1n) is 3.86. The number of carbonyl (C=O) groups is 1. The van der Waals surface area contributed by atoms with E-state index in [0.29, 0.717) is 5.52 Å². The van der Waals surface area contributed by atoms with Crippen LogP contribution in [-0.4, -0.2) is 16.1 Å². The van der Waals surface area contributed by atoms with Crippen molar-refractivity contribution >= 4 is 16.9 Å². The van der Waals surface area contributed by atoms with Crippen molar-refractivity contribution in [3.63, 3.8) is 0 Å². The number of para-hydroxylation sites is 1. The molecule has 4 heteroatoms. The summed E-state index contributed by atoms with van der Waals surface area (Å²) in [7, 11) is 0. The van der Waals surface area contributed by atoms with Crippen molar-refractivity contribution in [1.29, 1.82) is 0 Å². The van der Waals surface area contributed by atoms with Crippen LogP contribution in [0.4, 0.5) is 0 Å². The first-order chi connectivity index (χ1) is 6.27. The normalized spacial score (nSPS) is 9.43. The Morgan fingerprint density at radius 3 is 2.57 bits per heavy atom. The summed E-state index contributed by atoms with van der Waals surface area (Å²) in [6, 6.07) is 10.7. The second-order valence-electron chi connectivity index (χ2n) is 2.69. The maximum atomic E-state index is 10.6. The van der Waals surface area contributed by atoms with Crippen molar-refractivity contribution in [2.24, 2.45) is 0 Å². The van der Waals surface area contributed by atoms with Gasteiger partial charge in [0.2, 0.25) is 0 Å². The van der Waals surface area contributed by atoms with Crippen LogP contribution in [0.3, 0.4) is 0 Å². The third-order valence-electron chi connectivity index (χ3n) is 1.82. The van der Waals surface area contributed by atoms with Gasteiger partial charge in [-0.1, -0.05) is 24.3 Å². The summed E-state index contributed by atoms with van der Waals surface area (Å²) < 4.78 is 0. The predicted octanol–water partition coefficient (Wildman–Crippen LogP) is 1.93. The number of carboxylic acid groups (broad SMARTS) is 1. The molecular formula is C10H7CdNO2. The van der Waals surface area contributed by atoms with E-state index in [1.807, 2.05) is 18.2 Å². The van der Waals surface area contributed by atoms with Crippen LogP contribution in [0.25, 0.3) is 10.9 Å². The number of carboxylic acids is 1. The van der Waals surface area contributed by atoms with E-state index in [-0.39, 0.29) is 33.0 Å². The van der Waals surface area contributed by atoms with Gasteiger partial charge in [-0.15, -0.1) is 0 Å². The minimum absolute atomic E-state index is 0. The van der Waals surface area contributed by atoms with Gasteiger partial charge < -0.3 is 5.11 Å². The van der Waals surface area contributed by atoms with Crippen LogP contribution < -0.4 is 0 Å². The summed E-state index contributed by atoms with van der Waals surface area (Å²) >= 11 is 0. The summed E-state index contributed by atoms with van der Waals surface area (Å²) in [5.41, 5.74) is 0.793. The van der Waals surface area contributed by atoms with E-state index in [9.17, 15) is 4.79 Å². The first-order valence-corrected chi connectivity index (χ1v) is 3.86. The van der Waals surface area contributed by atoms with Gasteiger partial charge in [0.05, 0.1) is 5.52 Å². The molecule has 0 atom stereocenters. The van der Waals surface area contributed by atoms with Crippen LogP contribution in [0.15, 0.2) is 36.4 Å². The van der Waals surface area contributed by atoms with Crippen LogP contribution in [0.5, 0.6) is 0 Å². The van der Waals surface area contributed by atoms with Crippen LogP contribution in [0.2, 0.25) is 0 Å². The van der Waals surface area contributed by atoms with E-state index in [1.165, 1.54) is 6.07 Å². The smallest absolute Gasteiger partial charge is 0.354 e. The average Bonchev–Trinajstić information content (AvgIpc) is 2.17. The van der Waals surface area contributed by atoms with Crippen molar-refractivity contribution in [3.8, 4) is 0 Å². The molecule has 0 aliphatic carbocycles. The molecule has 0 spiro atoms. The fourth-order valence-electron chi connectivity index (χ4n) is 1.19. The molecule has 0 fully saturated rings. The molecule has 0 radical (unpaired) electrons. The Kier molecular flexibility index (Phi) is 3.56. The third-order valence-corrected chi connectivity index (χ3v) is 1.82. The SMILES string of the molecule is O=C(O)c1ccc2ccccc2n1.[Cd]. The zero-order valence-corrected chi connectivity index (χ0v) is 11.5. The average molecular weight is 286 g/mol. The minimum Gasteiger partial charge on any atom is -0.477 e. The van der Waals surface area contributed by atoms with Crippen LogP contribution in [0, 0.1) is 0 Å². The van der Waals surface area contributed by atoms with E-state index in [4.69, 9.17) is 5.11 Å². The van der Waals surface area contributed by atoms with Gasteiger partial charge in [-0.05, 0) is 12.1 Å². The van der Waals surface area contributed by atoms with Crippen LogP contribution in [0.1, 0.15) is 10.5 Å². The Hall–Kier alpha value is -0.978. The van der Waals surface area contributed by atoms with Gasteiger partial charge in [0.1, 0.15) is 5.69 Å². The molecule has 14 heavy (non-hydrogen) atoms. The summed E-state index contributed by atoms with van der Waals surface area (Å²) in [5, 5.41) is 9.63. The largest absolute Gasteiger partial charge is 0.477 e. The van der Waals surface area contributed by atoms with Crippen LogP contribution >= 0.6 is 0 Å². The molecule has 0 aliphatic rings. The van der Waals surface area contributed by atoms with E-state index in [1.54, 1.807) is 12.1 Å². The van der Waals surface area contributed by atoms with Gasteiger partial charge in [0.15, 0.2) is 0 Å². The van der Waals surface area contributed by atoms with Gasteiger partial charge >= 0.3 is 5.97 Å². The number of aromatic carboxylic acids is 1. The Labute approximate surface area is 101 Å². The van der Waals surface area contributed by atoms with E-state index < -0.39 is 5.97 Å². The van der Waals surface area contributed by atoms with E-state index >= 15 is 0 Å². The maximum Gasteiger partial charge on any atom is 0.354 e. The van der Waals surface area contributed by atoms with Gasteiger partial charge in [0.25, 0.3) is 0 Å². The van der Waals surface area contributed by atoms with Crippen molar-refractivity contribution < 1.29 is 37.2 Å². The third kappa shape index (κ3) is 2.09. The zero-order chi connectivity index (χ0) is 9.26. The second kappa shape index (κ2) is 4.50. The summed E-state index contributed by atoms with van der Waals surface area (Å²) in [6.45, 7) is 0. The number of nitrogens with zero attached hydrogens (tertiary/aromatic N) is 1. The number of pyridine rings is 1. The van der Waals surface area contributed by atoms with E-state index in [0.717, 1.165) is 5.39 Å². The molecule has 0 aliphatic heterocycles. The summed E-state index contributed by atoms with van der Waals surface area (Å²) in [6.07, 6.45) is 0. The van der Waals surface area contributed by atoms with Crippen molar-refractivity contribution in [2.75, 3.05) is 0 Å². The monoisotopic (exact) mass is 287 g/mol. The number of hydrogen-bond acceptors (Lipinski definition) is 2. The Balaban J connectivity index is 0.000000980. The predicted molar refractivity (Wildman–Crippen MR) is 48.7 cm³/mol. The minimum atomic E-state index is -0.995. The van der Waals surface area contributed by atoms with Crippen LogP contribution in [-0.2, 0) is 27.3 Å². The standard InChI is InChI=1S/C10H7NO2.Cd/c12-10(13)9-6-5-7-3-1-2-4-8(7)11-9;/h1-6H,(H,12,13);. The molecule has 0 saturated carbocycles. The molecule has 1 heterocycles. The molecule has 0 bridgehead atoms. The summed E-state index contributed by atoms with van der Waals surface area (Å²) in [5.74, 6) is -0.995. The Morgan fingerprint density at radius 2 is 1.86 bits per heavy atom. The molecule has 0 saturated heterocycles. The molecule has 0 unspecified atom stereocenters. The number of rotatable bonds is 1. The van der Waals surface area contributed by atoms with Gasteiger partial charge in [-0.25, -0.2) is 9.78 Å². The molecule has 3 nitrogen and oxygen atoms in total. The fraction of sp³-hybridized carbons (Fsp3) is 0. The first kappa shape index (κ1) is 11.1. The van der Waals surface area contributed by atoms with Crippen molar-refractivity contribution in [1.82, 2.24) is 4.98 Å². The van der Waals surface area contributed by atoms with Gasteiger partial charge in [-0.2, -0.15) is 0 Å². The van der Waals surface area contributed by atoms with Gasteiger partial charge in [0, 0.05) is 32.7 Å². The number of benzene rings is 1. The van der Waals surface area contributed by atoms with Crippen molar-refractivity contribution in [3.05, 3.63) is 42.1 Å². The zero-order valence-electron chi connectivity index (χ0n) is 7.47. The van der Waals surface area contributed by atoms with Crippen molar-refractivity contribution in [2.45, 2.75) is 0 Å². The van der Waals surface area contributed by atoms with Gasteiger partial charge in [-0.3, -0.25) is 0 Å². The number of hydrogen-bond donors (Lipinski definition) is 1. The summed E-state index contributed by atoms with van der Waals surface area (Å²) in [4.78, 5) is 14.6. The molecule has 0 amide bonds. The molecule has 1 aromatic heterocycles. The Bertz CT molecular complexity index is 470. The topological polar surface area (TPSA) is 50.2 Å². The number of fused-ring (bicyclic) bond motifs is 1. The molecule has 66 valence electrons. The fourth-order valence-corrected chi connectivity index (χ4v) is 1.19. The molecule has 2 aromatic rings. The molecule has 1 N–H and O–H groups in total. The Morgan fingerprint density at radius 1 is 1.14 bits per heavy atom. The molecule has 2 rings (SSSR count). The maximum absolute atomic E-state index is 10.6.